The maximum Gasteiger partial charge on any atom is 0.337 e. The van der Waals surface area contributed by atoms with Crippen molar-refractivity contribution in [1.82, 2.24) is 14.7 Å². The second-order valence-electron chi connectivity index (χ2n) is 7.74. The Hall–Kier alpha value is -3.06. The minimum Gasteiger partial charge on any atom is -0.496 e. The maximum absolute atomic E-state index is 13.3. The Morgan fingerprint density at radius 1 is 0.968 bits per heavy atom. The van der Waals surface area contributed by atoms with E-state index < -0.39 is 0 Å². The molecule has 1 aliphatic rings. The average molecular weight is 426 g/mol. The first-order chi connectivity index (χ1) is 15.0. The molecule has 0 aliphatic carbocycles. The Labute approximate surface area is 184 Å². The number of piperazine rings is 1. The van der Waals surface area contributed by atoms with E-state index in [1.807, 2.05) is 46.2 Å². The number of hydrogen-bond acceptors (Lipinski definition) is 5. The van der Waals surface area contributed by atoms with Gasteiger partial charge in [0.05, 0.1) is 19.8 Å². The molecule has 2 aromatic carbocycles. The van der Waals surface area contributed by atoms with Crippen LogP contribution in [0.3, 0.4) is 0 Å². The van der Waals surface area contributed by atoms with E-state index in [4.69, 9.17) is 9.47 Å². The van der Waals surface area contributed by atoms with E-state index in [-0.39, 0.29) is 12.0 Å². The van der Waals surface area contributed by atoms with Crippen molar-refractivity contribution < 1.29 is 19.1 Å². The third kappa shape index (κ3) is 5.98. The number of carbonyl (C=O) groups is 2. The minimum atomic E-state index is -0.368. The van der Waals surface area contributed by atoms with Crippen LogP contribution in [-0.2, 0) is 17.7 Å². The van der Waals surface area contributed by atoms with Crippen LogP contribution in [0.1, 0.15) is 21.5 Å². The third-order valence-corrected chi connectivity index (χ3v) is 5.64. The number of ether oxygens (including phenoxy) is 2. The van der Waals surface area contributed by atoms with Gasteiger partial charge in [-0.3, -0.25) is 0 Å². The van der Waals surface area contributed by atoms with Crippen molar-refractivity contribution >= 4 is 12.0 Å². The van der Waals surface area contributed by atoms with Crippen molar-refractivity contribution in [3.63, 3.8) is 0 Å². The smallest absolute Gasteiger partial charge is 0.337 e. The summed E-state index contributed by atoms with van der Waals surface area (Å²) in [4.78, 5) is 31.1. The average Bonchev–Trinajstić information content (AvgIpc) is 2.81. The molecule has 0 aromatic heterocycles. The number of urea groups is 1. The largest absolute Gasteiger partial charge is 0.496 e. The van der Waals surface area contributed by atoms with Crippen LogP contribution >= 0.6 is 0 Å². The number of esters is 1. The second-order valence-corrected chi connectivity index (χ2v) is 7.74. The first-order valence-electron chi connectivity index (χ1n) is 10.5. The Morgan fingerprint density at radius 3 is 2.29 bits per heavy atom. The molecule has 0 unspecified atom stereocenters. The van der Waals surface area contributed by atoms with Gasteiger partial charge in [-0.25, -0.2) is 9.59 Å². The molecule has 31 heavy (non-hydrogen) atoms. The quantitative estimate of drug-likeness (QED) is 0.639. The number of amides is 2. The number of carbonyl (C=O) groups excluding carboxylic acids is 2. The molecule has 1 saturated heterocycles. The fraction of sp³-hybridized carbons (Fsp3) is 0.417. The van der Waals surface area contributed by atoms with Crippen LogP contribution in [0, 0.1) is 0 Å². The fourth-order valence-corrected chi connectivity index (χ4v) is 3.69. The van der Waals surface area contributed by atoms with Crippen molar-refractivity contribution in [1.29, 1.82) is 0 Å². The van der Waals surface area contributed by atoms with Gasteiger partial charge in [0.15, 0.2) is 0 Å². The molecule has 2 aromatic rings. The molecule has 0 spiro atoms. The van der Waals surface area contributed by atoms with Crippen LogP contribution in [0.2, 0.25) is 0 Å². The Morgan fingerprint density at radius 2 is 1.65 bits per heavy atom. The van der Waals surface area contributed by atoms with Crippen LogP contribution in [0.5, 0.6) is 5.75 Å². The number of para-hydroxylation sites is 1. The predicted octanol–water partition coefficient (Wildman–Crippen LogP) is 2.89. The molecular formula is C24H31N3O4. The first-order valence-corrected chi connectivity index (χ1v) is 10.5. The lowest BCUT2D eigenvalue weighted by atomic mass is 10.1. The van der Waals surface area contributed by atoms with E-state index in [1.165, 1.54) is 7.11 Å². The Balaban J connectivity index is 1.74. The van der Waals surface area contributed by atoms with Crippen LogP contribution in [0.4, 0.5) is 4.79 Å². The topological polar surface area (TPSA) is 62.3 Å². The van der Waals surface area contributed by atoms with Crippen molar-refractivity contribution in [2.75, 3.05) is 54.0 Å². The number of methoxy groups -OCH3 is 2. The Kier molecular flexibility index (Phi) is 7.89. The predicted molar refractivity (Wildman–Crippen MR) is 119 cm³/mol. The lowest BCUT2D eigenvalue weighted by Crippen LogP contribution is -2.52. The highest BCUT2D eigenvalue weighted by Crippen LogP contribution is 2.19. The van der Waals surface area contributed by atoms with Gasteiger partial charge in [-0.1, -0.05) is 30.3 Å². The molecule has 1 heterocycles. The number of likely N-dealkylation sites (N-methyl/N-ethyl adjacent to an activating group) is 1. The van der Waals surface area contributed by atoms with Crippen LogP contribution in [0.25, 0.3) is 0 Å². The van der Waals surface area contributed by atoms with Gasteiger partial charge in [0.1, 0.15) is 5.75 Å². The summed E-state index contributed by atoms with van der Waals surface area (Å²) in [6.07, 6.45) is 0.698. The number of benzene rings is 2. The zero-order valence-corrected chi connectivity index (χ0v) is 18.5. The van der Waals surface area contributed by atoms with E-state index >= 15 is 0 Å². The summed E-state index contributed by atoms with van der Waals surface area (Å²) in [7, 11) is 5.10. The van der Waals surface area contributed by atoms with Gasteiger partial charge >= 0.3 is 12.0 Å². The monoisotopic (exact) mass is 425 g/mol. The van der Waals surface area contributed by atoms with Gasteiger partial charge in [-0.05, 0) is 42.8 Å². The van der Waals surface area contributed by atoms with E-state index in [9.17, 15) is 9.59 Å². The van der Waals surface area contributed by atoms with E-state index in [0.717, 1.165) is 43.1 Å². The number of rotatable bonds is 7. The van der Waals surface area contributed by atoms with Gasteiger partial charge in [-0.2, -0.15) is 0 Å². The molecule has 0 N–H and O–H groups in total. The molecule has 0 atom stereocenters. The third-order valence-electron chi connectivity index (χ3n) is 5.64. The zero-order chi connectivity index (χ0) is 22.2. The normalized spacial score (nSPS) is 14.2. The summed E-state index contributed by atoms with van der Waals surface area (Å²) >= 11 is 0. The molecule has 7 heteroatoms. The molecule has 0 radical (unpaired) electrons. The molecule has 1 aliphatic heterocycles. The molecule has 2 amide bonds. The highest BCUT2D eigenvalue weighted by Gasteiger charge is 2.24. The van der Waals surface area contributed by atoms with Gasteiger partial charge in [0.2, 0.25) is 0 Å². The second kappa shape index (κ2) is 10.8. The Bertz CT molecular complexity index is 877. The van der Waals surface area contributed by atoms with Gasteiger partial charge in [0.25, 0.3) is 0 Å². The van der Waals surface area contributed by atoms with Crippen molar-refractivity contribution in [2.45, 2.75) is 13.0 Å². The van der Waals surface area contributed by atoms with Crippen molar-refractivity contribution in [2.24, 2.45) is 0 Å². The molecule has 1 fully saturated rings. The minimum absolute atomic E-state index is 0.0417. The van der Waals surface area contributed by atoms with Gasteiger partial charge in [-0.15, -0.1) is 0 Å². The summed E-state index contributed by atoms with van der Waals surface area (Å²) < 4.78 is 10.2. The highest BCUT2D eigenvalue weighted by atomic mass is 16.5. The highest BCUT2D eigenvalue weighted by molar-refractivity contribution is 5.89. The number of nitrogens with zero attached hydrogens (tertiary/aromatic N) is 3. The summed E-state index contributed by atoms with van der Waals surface area (Å²) in [6.45, 7) is 4.25. The summed E-state index contributed by atoms with van der Waals surface area (Å²) in [6, 6.07) is 15.2. The SMILES string of the molecule is COC(=O)c1ccc(CN(CCc2ccccc2OC)C(=O)N2CCN(C)CC2)cc1. The van der Waals surface area contributed by atoms with E-state index in [2.05, 4.69) is 11.9 Å². The standard InChI is InChI=1S/C24H31N3O4/c1-25-14-16-26(17-15-25)24(29)27(13-12-20-6-4-5-7-22(20)30-2)18-19-8-10-21(11-9-19)23(28)31-3/h4-11H,12-18H2,1-3H3. The number of hydrogen-bond donors (Lipinski definition) is 0. The summed E-state index contributed by atoms with van der Waals surface area (Å²) in [5, 5.41) is 0. The van der Waals surface area contributed by atoms with Gasteiger partial charge in [0, 0.05) is 39.3 Å². The first kappa shape index (κ1) is 22.6. The van der Waals surface area contributed by atoms with Crippen LogP contribution in [-0.4, -0.2) is 80.7 Å². The van der Waals surface area contributed by atoms with Crippen LogP contribution in [0.15, 0.2) is 48.5 Å². The van der Waals surface area contributed by atoms with E-state index in [0.29, 0.717) is 25.1 Å². The molecule has 7 nitrogen and oxygen atoms in total. The molecule has 3 rings (SSSR count). The lowest BCUT2D eigenvalue weighted by molar-refractivity contribution is 0.0600. The summed E-state index contributed by atoms with van der Waals surface area (Å²) in [5.41, 5.74) is 2.54. The fourth-order valence-electron chi connectivity index (χ4n) is 3.69. The molecule has 0 bridgehead atoms. The molecular weight excluding hydrogens is 394 g/mol. The zero-order valence-electron chi connectivity index (χ0n) is 18.5. The van der Waals surface area contributed by atoms with Gasteiger partial charge < -0.3 is 24.2 Å². The van der Waals surface area contributed by atoms with Crippen molar-refractivity contribution in [3.05, 3.63) is 65.2 Å². The van der Waals surface area contributed by atoms with Crippen molar-refractivity contribution in [3.8, 4) is 5.75 Å². The maximum atomic E-state index is 13.3. The molecule has 0 saturated carbocycles. The molecule has 166 valence electrons. The summed E-state index contributed by atoms with van der Waals surface area (Å²) in [5.74, 6) is 0.463. The lowest BCUT2D eigenvalue weighted by Gasteiger charge is -2.36. The van der Waals surface area contributed by atoms with Crippen LogP contribution < -0.4 is 4.74 Å². The van der Waals surface area contributed by atoms with E-state index in [1.54, 1.807) is 19.2 Å².